The highest BCUT2D eigenvalue weighted by Gasteiger charge is 2.55. The third kappa shape index (κ3) is 5.22. The van der Waals surface area contributed by atoms with Crippen molar-refractivity contribution in [3.8, 4) is 0 Å². The van der Waals surface area contributed by atoms with Crippen LogP contribution in [0.3, 0.4) is 0 Å². The Kier molecular flexibility index (Phi) is 7.62. The first-order chi connectivity index (χ1) is 17.4. The first-order valence-corrected chi connectivity index (χ1v) is 13.8. The predicted octanol–water partition coefficient (Wildman–Crippen LogP) is 3.31. The zero-order valence-corrected chi connectivity index (χ0v) is 23.3. The molecule has 0 aromatic heterocycles. The number of rotatable bonds is 9. The minimum absolute atomic E-state index is 0.0465. The van der Waals surface area contributed by atoms with Crippen molar-refractivity contribution in [3.05, 3.63) is 35.9 Å². The molecule has 204 valence electrons. The number of nitrogens with two attached hydrogens (primary N) is 1. The molecule has 2 saturated carbocycles. The van der Waals surface area contributed by atoms with Crippen LogP contribution in [-0.2, 0) is 15.1 Å². The summed E-state index contributed by atoms with van der Waals surface area (Å²) in [5.41, 5.74) is 5.57. The lowest BCUT2D eigenvalue weighted by Crippen LogP contribution is -2.56. The lowest BCUT2D eigenvalue weighted by atomic mass is 9.68. The number of urea groups is 1. The molecule has 37 heavy (non-hydrogen) atoms. The summed E-state index contributed by atoms with van der Waals surface area (Å²) in [6, 6.07) is 10.0. The first-order valence-electron chi connectivity index (χ1n) is 13.8. The molecule has 1 atom stereocenters. The Morgan fingerprint density at radius 2 is 1.76 bits per heavy atom. The molecule has 1 aromatic carbocycles. The lowest BCUT2D eigenvalue weighted by Gasteiger charge is -2.51. The van der Waals surface area contributed by atoms with Crippen molar-refractivity contribution in [1.82, 2.24) is 20.0 Å². The number of primary amides is 1. The predicted molar refractivity (Wildman–Crippen MR) is 145 cm³/mol. The van der Waals surface area contributed by atoms with Crippen LogP contribution in [0.15, 0.2) is 30.3 Å². The van der Waals surface area contributed by atoms with Gasteiger partial charge in [-0.25, -0.2) is 4.79 Å². The molecule has 8 heteroatoms. The second-order valence-corrected chi connectivity index (χ2v) is 12.5. The Bertz CT molecular complexity index is 996. The molecule has 1 unspecified atom stereocenters. The zero-order chi connectivity index (χ0) is 27.0. The van der Waals surface area contributed by atoms with Gasteiger partial charge in [-0.3, -0.25) is 14.5 Å². The lowest BCUT2D eigenvalue weighted by molar-refractivity contribution is -0.133. The highest BCUT2D eigenvalue weighted by atomic mass is 16.2. The van der Waals surface area contributed by atoms with E-state index in [1.807, 2.05) is 18.7 Å². The van der Waals surface area contributed by atoms with E-state index in [0.29, 0.717) is 19.0 Å². The van der Waals surface area contributed by atoms with E-state index in [4.69, 9.17) is 5.73 Å². The van der Waals surface area contributed by atoms with E-state index in [1.54, 1.807) is 6.92 Å². The number of hydrogen-bond donors (Lipinski definition) is 2. The van der Waals surface area contributed by atoms with Gasteiger partial charge < -0.3 is 20.9 Å². The van der Waals surface area contributed by atoms with Crippen LogP contribution in [0.4, 0.5) is 4.79 Å². The van der Waals surface area contributed by atoms with Crippen LogP contribution in [-0.4, -0.2) is 77.9 Å². The first kappa shape index (κ1) is 27.4. The standard InChI is InChI=1S/C29H45N5O3/c1-21(24(30)35)31-25(36)27(2,3)19-33-20-28(34(26(33)37)18-22-10-9-11-22)14-16-29(17-15-28,32(4)5)23-12-7-6-8-13-23/h6-8,12-13,21-22H,9-11,14-20H2,1-5H3,(H2,30,35)(H,31,36). The van der Waals surface area contributed by atoms with Gasteiger partial charge in [-0.2, -0.15) is 0 Å². The smallest absolute Gasteiger partial charge is 0.320 e. The molecular weight excluding hydrogens is 466 g/mol. The SMILES string of the molecule is CC(NC(=O)C(C)(C)CN1CC2(CCC(c3ccccc3)(N(C)C)CC2)N(CC2CCC2)C1=O)C(N)=O. The van der Waals surface area contributed by atoms with E-state index in [2.05, 4.69) is 59.5 Å². The molecule has 8 nitrogen and oxygen atoms in total. The molecule has 4 rings (SSSR count). The van der Waals surface area contributed by atoms with Gasteiger partial charge in [0.25, 0.3) is 0 Å². The summed E-state index contributed by atoms with van der Waals surface area (Å²) in [5, 5.41) is 2.71. The van der Waals surface area contributed by atoms with Gasteiger partial charge in [0.2, 0.25) is 11.8 Å². The quantitative estimate of drug-likeness (QED) is 0.531. The number of amides is 4. The van der Waals surface area contributed by atoms with Gasteiger partial charge in [0.05, 0.1) is 11.0 Å². The van der Waals surface area contributed by atoms with Crippen LogP contribution < -0.4 is 11.1 Å². The third-order valence-corrected chi connectivity index (χ3v) is 9.37. The largest absolute Gasteiger partial charge is 0.368 e. The Morgan fingerprint density at radius 3 is 2.27 bits per heavy atom. The highest BCUT2D eigenvalue weighted by molar-refractivity contribution is 5.89. The Morgan fingerprint density at radius 1 is 1.14 bits per heavy atom. The molecule has 1 aromatic rings. The molecule has 0 radical (unpaired) electrons. The minimum Gasteiger partial charge on any atom is -0.368 e. The average Bonchev–Trinajstić information content (AvgIpc) is 3.06. The van der Waals surface area contributed by atoms with Crippen molar-refractivity contribution < 1.29 is 14.4 Å². The third-order valence-electron chi connectivity index (χ3n) is 9.37. The summed E-state index contributed by atoms with van der Waals surface area (Å²) in [6.45, 7) is 7.00. The number of hydrogen-bond acceptors (Lipinski definition) is 4. The topological polar surface area (TPSA) is 99.0 Å². The van der Waals surface area contributed by atoms with Crippen LogP contribution in [0.25, 0.3) is 0 Å². The Labute approximate surface area is 221 Å². The summed E-state index contributed by atoms with van der Waals surface area (Å²) >= 11 is 0. The fourth-order valence-electron chi connectivity index (χ4n) is 6.52. The molecular formula is C29H45N5O3. The number of nitrogens with zero attached hydrogens (tertiary/aromatic N) is 3. The summed E-state index contributed by atoms with van der Waals surface area (Å²) in [5.74, 6) is -0.266. The van der Waals surface area contributed by atoms with Gasteiger partial charge >= 0.3 is 6.03 Å². The fourth-order valence-corrected chi connectivity index (χ4v) is 6.52. The maximum Gasteiger partial charge on any atom is 0.320 e. The zero-order valence-electron chi connectivity index (χ0n) is 23.3. The molecule has 4 amide bonds. The molecule has 3 fully saturated rings. The van der Waals surface area contributed by atoms with E-state index in [9.17, 15) is 14.4 Å². The normalized spacial score (nSPS) is 27.5. The number of carbonyl (C=O) groups excluding carboxylic acids is 3. The molecule has 3 N–H and O–H groups in total. The second-order valence-electron chi connectivity index (χ2n) is 12.5. The summed E-state index contributed by atoms with van der Waals surface area (Å²) in [4.78, 5) is 44.8. The maximum absolute atomic E-state index is 13.9. The van der Waals surface area contributed by atoms with Gasteiger partial charge in [-0.15, -0.1) is 0 Å². The van der Waals surface area contributed by atoms with E-state index in [0.717, 1.165) is 32.2 Å². The minimum atomic E-state index is -0.848. The van der Waals surface area contributed by atoms with Crippen molar-refractivity contribution in [1.29, 1.82) is 0 Å². The van der Waals surface area contributed by atoms with Gasteiger partial charge in [0.15, 0.2) is 0 Å². The maximum atomic E-state index is 13.9. The fraction of sp³-hybridized carbons (Fsp3) is 0.690. The summed E-state index contributed by atoms with van der Waals surface area (Å²) in [6.07, 6.45) is 7.43. The van der Waals surface area contributed by atoms with Crippen molar-refractivity contribution >= 4 is 17.8 Å². The van der Waals surface area contributed by atoms with Crippen LogP contribution in [0, 0.1) is 11.3 Å². The van der Waals surface area contributed by atoms with Crippen molar-refractivity contribution in [2.45, 2.75) is 82.8 Å². The van der Waals surface area contributed by atoms with Crippen LogP contribution in [0.2, 0.25) is 0 Å². The molecule has 2 aliphatic carbocycles. The van der Waals surface area contributed by atoms with E-state index in [-0.39, 0.29) is 23.0 Å². The van der Waals surface area contributed by atoms with Gasteiger partial charge in [0, 0.05) is 25.2 Å². The number of nitrogens with one attached hydrogen (secondary N) is 1. The Hall–Kier alpha value is -2.61. The van der Waals surface area contributed by atoms with Gasteiger partial charge in [0.1, 0.15) is 6.04 Å². The highest BCUT2D eigenvalue weighted by Crippen LogP contribution is 2.50. The number of benzene rings is 1. The number of carbonyl (C=O) groups is 3. The van der Waals surface area contributed by atoms with Crippen LogP contribution >= 0.6 is 0 Å². The average molecular weight is 512 g/mol. The molecule has 1 saturated heterocycles. The summed E-state index contributed by atoms with van der Waals surface area (Å²) < 4.78 is 0. The van der Waals surface area contributed by atoms with Gasteiger partial charge in [-0.05, 0) is 84.9 Å². The molecule has 1 aliphatic heterocycles. The second kappa shape index (κ2) is 10.3. The van der Waals surface area contributed by atoms with E-state index < -0.39 is 17.4 Å². The van der Waals surface area contributed by atoms with E-state index >= 15 is 0 Å². The van der Waals surface area contributed by atoms with Crippen molar-refractivity contribution in [3.63, 3.8) is 0 Å². The summed E-state index contributed by atoms with van der Waals surface area (Å²) in [7, 11) is 4.33. The Balaban J connectivity index is 1.55. The molecule has 3 aliphatic rings. The van der Waals surface area contributed by atoms with E-state index in [1.165, 1.54) is 24.8 Å². The van der Waals surface area contributed by atoms with Crippen LogP contribution in [0.5, 0.6) is 0 Å². The monoisotopic (exact) mass is 511 g/mol. The molecule has 1 heterocycles. The van der Waals surface area contributed by atoms with Crippen molar-refractivity contribution in [2.24, 2.45) is 17.1 Å². The molecule has 1 spiro atoms. The van der Waals surface area contributed by atoms with Crippen LogP contribution in [0.1, 0.15) is 71.3 Å². The van der Waals surface area contributed by atoms with Crippen molar-refractivity contribution in [2.75, 3.05) is 33.7 Å². The molecule has 0 bridgehead atoms. The van der Waals surface area contributed by atoms with Gasteiger partial charge in [-0.1, -0.05) is 36.8 Å².